The zero-order chi connectivity index (χ0) is 15.4. The predicted molar refractivity (Wildman–Crippen MR) is 93.8 cm³/mol. The van der Waals surface area contributed by atoms with Crippen LogP contribution in [-0.2, 0) is 0 Å². The van der Waals surface area contributed by atoms with Gasteiger partial charge in [0.05, 0.1) is 10.7 Å². The molecule has 0 radical (unpaired) electrons. The molecule has 1 aromatic heterocycles. The van der Waals surface area contributed by atoms with Gasteiger partial charge in [0.25, 0.3) is 0 Å². The van der Waals surface area contributed by atoms with Gasteiger partial charge in [-0.2, -0.15) is 0 Å². The van der Waals surface area contributed by atoms with E-state index in [2.05, 4.69) is 31.1 Å². The molecule has 0 amide bonds. The highest BCUT2D eigenvalue weighted by molar-refractivity contribution is 9.10. The van der Waals surface area contributed by atoms with Crippen LogP contribution in [0.1, 0.15) is 11.3 Å². The Morgan fingerprint density at radius 2 is 1.95 bits per heavy atom. The first-order valence-corrected chi connectivity index (χ1v) is 6.92. The van der Waals surface area contributed by atoms with Gasteiger partial charge in [0, 0.05) is 22.3 Å². The zero-order valence-corrected chi connectivity index (χ0v) is 14.2. The maximum absolute atomic E-state index is 10.1. The fourth-order valence-corrected chi connectivity index (χ4v) is 2.08. The average molecular weight is 405 g/mol. The monoisotopic (exact) mass is 403 g/mol. The number of rotatable bonds is 3. The normalized spacial score (nSPS) is 10.7. The van der Waals surface area contributed by atoms with Crippen LogP contribution in [0.25, 0.3) is 0 Å². The molecule has 0 aliphatic heterocycles. The van der Waals surface area contributed by atoms with Gasteiger partial charge in [0.15, 0.2) is 0 Å². The van der Waals surface area contributed by atoms with Crippen molar-refractivity contribution in [3.63, 3.8) is 0 Å². The largest absolute Gasteiger partial charge is 0.507 e. The molecule has 22 heavy (non-hydrogen) atoms. The first-order valence-electron chi connectivity index (χ1n) is 5.75. The second-order valence-electron chi connectivity index (χ2n) is 3.97. The molecule has 0 bridgehead atoms. The van der Waals surface area contributed by atoms with Crippen molar-refractivity contribution < 1.29 is 5.11 Å². The summed E-state index contributed by atoms with van der Waals surface area (Å²) in [5.74, 6) is -0.255. The summed E-state index contributed by atoms with van der Waals surface area (Å²) in [6.07, 6.45) is 1.60. The van der Waals surface area contributed by atoms with Crippen LogP contribution in [0.4, 0.5) is 0 Å². The number of phenolic OH excluding ortho intramolecular Hbond substituents is 1. The molecule has 0 spiro atoms. The minimum absolute atomic E-state index is 0. The van der Waals surface area contributed by atoms with Gasteiger partial charge < -0.3 is 16.6 Å². The molecule has 0 aliphatic carbocycles. The van der Waals surface area contributed by atoms with Crippen LogP contribution in [0.15, 0.2) is 51.2 Å². The van der Waals surface area contributed by atoms with Crippen molar-refractivity contribution in [1.29, 1.82) is 0 Å². The summed E-state index contributed by atoms with van der Waals surface area (Å²) < 4.78 is 0.602. The summed E-state index contributed by atoms with van der Waals surface area (Å²) in [4.78, 5) is 4.19. The van der Waals surface area contributed by atoms with E-state index >= 15 is 0 Å². The fourth-order valence-electron chi connectivity index (χ4n) is 1.58. The summed E-state index contributed by atoms with van der Waals surface area (Å²) in [6, 6.07) is 8.29. The van der Waals surface area contributed by atoms with Crippen LogP contribution < -0.4 is 11.5 Å². The van der Waals surface area contributed by atoms with Crippen LogP contribution in [0.2, 0.25) is 5.02 Å². The predicted octanol–water partition coefficient (Wildman–Crippen LogP) is 2.65. The van der Waals surface area contributed by atoms with E-state index in [1.54, 1.807) is 30.5 Å². The number of guanidine groups is 1. The van der Waals surface area contributed by atoms with Crippen LogP contribution in [0, 0.1) is 0 Å². The molecule has 1 aromatic carbocycles. The second kappa shape index (κ2) is 7.98. The standard InChI is InChI=1S/C13H11BrClN5O.ClH/c14-8-5-7(11(21)6-9(8)15)12(19-20-13(16)17)10-3-1-2-4-18-10;/h1-6,21H,(H4,16,17,20);1H/b19-12-;. The maximum Gasteiger partial charge on any atom is 0.211 e. The minimum Gasteiger partial charge on any atom is -0.507 e. The Bertz CT molecular complexity index is 718. The Morgan fingerprint density at radius 3 is 2.55 bits per heavy atom. The summed E-state index contributed by atoms with van der Waals surface area (Å²) in [6.45, 7) is 0. The van der Waals surface area contributed by atoms with Crippen molar-refractivity contribution in [3.05, 3.63) is 57.3 Å². The number of benzene rings is 1. The molecule has 116 valence electrons. The van der Waals surface area contributed by atoms with Gasteiger partial charge in [-0.05, 0) is 34.1 Å². The zero-order valence-electron chi connectivity index (χ0n) is 11.1. The quantitative estimate of drug-likeness (QED) is 0.414. The van der Waals surface area contributed by atoms with Crippen LogP contribution in [0.5, 0.6) is 5.75 Å². The molecule has 9 heteroatoms. The van der Waals surface area contributed by atoms with E-state index in [4.69, 9.17) is 23.1 Å². The molecule has 6 nitrogen and oxygen atoms in total. The van der Waals surface area contributed by atoms with Gasteiger partial charge in [-0.3, -0.25) is 4.98 Å². The third-order valence-corrected chi connectivity index (χ3v) is 3.66. The maximum atomic E-state index is 10.1. The van der Waals surface area contributed by atoms with Crippen molar-refractivity contribution in [2.75, 3.05) is 0 Å². The van der Waals surface area contributed by atoms with E-state index in [-0.39, 0.29) is 24.1 Å². The Hall–Kier alpha value is -1.83. The molecule has 0 atom stereocenters. The van der Waals surface area contributed by atoms with Gasteiger partial charge in [-0.25, -0.2) is 0 Å². The first kappa shape index (κ1) is 18.2. The van der Waals surface area contributed by atoms with Crippen LogP contribution in [0.3, 0.4) is 0 Å². The number of nitrogens with two attached hydrogens (primary N) is 2. The van der Waals surface area contributed by atoms with Gasteiger partial charge in [0.2, 0.25) is 5.96 Å². The Morgan fingerprint density at radius 1 is 1.23 bits per heavy atom. The van der Waals surface area contributed by atoms with Crippen molar-refractivity contribution in [2.45, 2.75) is 0 Å². The Kier molecular flexibility index (Phi) is 6.61. The lowest BCUT2D eigenvalue weighted by Crippen LogP contribution is -2.22. The molecule has 2 rings (SSSR count). The molecule has 0 unspecified atom stereocenters. The van der Waals surface area contributed by atoms with Crippen molar-refractivity contribution >= 4 is 51.6 Å². The topological polar surface area (TPSA) is 110 Å². The van der Waals surface area contributed by atoms with Gasteiger partial charge in [0.1, 0.15) is 11.5 Å². The van der Waals surface area contributed by atoms with Crippen molar-refractivity contribution in [2.24, 2.45) is 21.7 Å². The van der Waals surface area contributed by atoms with E-state index < -0.39 is 0 Å². The second-order valence-corrected chi connectivity index (χ2v) is 5.23. The third kappa shape index (κ3) is 4.33. The molecule has 0 fully saturated rings. The molecule has 5 N–H and O–H groups in total. The summed E-state index contributed by atoms with van der Waals surface area (Å²) >= 11 is 9.23. The van der Waals surface area contributed by atoms with E-state index in [1.807, 2.05) is 0 Å². The lowest BCUT2D eigenvalue weighted by atomic mass is 10.1. The van der Waals surface area contributed by atoms with E-state index in [1.165, 1.54) is 6.07 Å². The molecule has 1 heterocycles. The van der Waals surface area contributed by atoms with Crippen molar-refractivity contribution in [1.82, 2.24) is 4.98 Å². The summed E-state index contributed by atoms with van der Waals surface area (Å²) in [5.41, 5.74) is 11.8. The lowest BCUT2D eigenvalue weighted by molar-refractivity contribution is 0.474. The highest BCUT2D eigenvalue weighted by Crippen LogP contribution is 2.31. The minimum atomic E-state index is -0.198. The highest BCUT2D eigenvalue weighted by atomic mass is 79.9. The van der Waals surface area contributed by atoms with E-state index in [9.17, 15) is 5.11 Å². The number of pyridine rings is 1. The first-order chi connectivity index (χ1) is 9.99. The number of halogens is 3. The third-order valence-electron chi connectivity index (χ3n) is 2.47. The number of nitrogens with zero attached hydrogens (tertiary/aromatic N) is 3. The Labute approximate surface area is 146 Å². The molecule has 0 saturated carbocycles. The van der Waals surface area contributed by atoms with E-state index in [0.29, 0.717) is 26.5 Å². The molecule has 2 aromatic rings. The number of aromatic nitrogens is 1. The van der Waals surface area contributed by atoms with Crippen LogP contribution >= 0.6 is 39.9 Å². The van der Waals surface area contributed by atoms with Gasteiger partial charge in [-0.1, -0.05) is 17.7 Å². The number of phenols is 1. The molecule has 0 aliphatic rings. The van der Waals surface area contributed by atoms with Gasteiger partial charge in [-0.15, -0.1) is 22.6 Å². The summed E-state index contributed by atoms with van der Waals surface area (Å²) in [7, 11) is 0. The molecule has 0 saturated heterocycles. The lowest BCUT2D eigenvalue weighted by Gasteiger charge is -2.08. The fraction of sp³-hybridized carbons (Fsp3) is 0. The molecular formula is C13H12BrCl2N5O. The summed E-state index contributed by atoms with van der Waals surface area (Å²) in [5, 5.41) is 18.1. The number of hydrogen-bond acceptors (Lipinski definition) is 4. The average Bonchev–Trinajstić information content (AvgIpc) is 2.45. The van der Waals surface area contributed by atoms with E-state index in [0.717, 1.165) is 0 Å². The number of aromatic hydroxyl groups is 1. The SMILES string of the molecule is Cl.NC(N)=N/N=C(\c1ccccn1)c1cc(Br)c(Cl)cc1O. The smallest absolute Gasteiger partial charge is 0.211 e. The van der Waals surface area contributed by atoms with Gasteiger partial charge >= 0.3 is 0 Å². The number of hydrogen-bond donors (Lipinski definition) is 3. The highest BCUT2D eigenvalue weighted by Gasteiger charge is 2.15. The van der Waals surface area contributed by atoms with Crippen LogP contribution in [-0.4, -0.2) is 21.8 Å². The molecular weight excluding hydrogens is 393 g/mol. The van der Waals surface area contributed by atoms with Crippen molar-refractivity contribution in [3.8, 4) is 5.75 Å². The Balaban J connectivity index is 0.00000242.